The number of carbonyl (C=O) groups is 1. The first-order valence-corrected chi connectivity index (χ1v) is 7.89. The Bertz CT molecular complexity index is 845. The number of aromatic nitrogens is 2. The first-order valence-electron chi connectivity index (χ1n) is 7.51. The zero-order valence-electron chi connectivity index (χ0n) is 13.2. The fourth-order valence-electron chi connectivity index (χ4n) is 2.39. The molecule has 1 heterocycles. The maximum absolute atomic E-state index is 12.0. The molecule has 0 radical (unpaired) electrons. The number of halogens is 1. The van der Waals surface area contributed by atoms with E-state index in [1.165, 1.54) is 0 Å². The summed E-state index contributed by atoms with van der Waals surface area (Å²) in [5, 5.41) is 10.5. The van der Waals surface area contributed by atoms with Gasteiger partial charge in [0.25, 0.3) is 0 Å². The molecule has 3 rings (SSSR count). The molecule has 0 fully saturated rings. The Labute approximate surface area is 145 Å². The van der Waals surface area contributed by atoms with Crippen LogP contribution in [0.15, 0.2) is 60.7 Å². The molecule has 24 heavy (non-hydrogen) atoms. The zero-order valence-corrected chi connectivity index (χ0v) is 13.9. The number of urea groups is 1. The Morgan fingerprint density at radius 1 is 1.12 bits per heavy atom. The van der Waals surface area contributed by atoms with E-state index in [2.05, 4.69) is 15.7 Å². The van der Waals surface area contributed by atoms with Gasteiger partial charge in [0.05, 0.1) is 5.69 Å². The Hall–Kier alpha value is -2.79. The van der Waals surface area contributed by atoms with E-state index in [1.807, 2.05) is 61.6 Å². The number of hydrogen-bond acceptors (Lipinski definition) is 2. The van der Waals surface area contributed by atoms with Crippen molar-refractivity contribution in [1.82, 2.24) is 15.1 Å². The zero-order chi connectivity index (χ0) is 16.9. The van der Waals surface area contributed by atoms with Crippen molar-refractivity contribution >= 4 is 23.4 Å². The van der Waals surface area contributed by atoms with Crippen molar-refractivity contribution in [2.75, 3.05) is 5.32 Å². The van der Waals surface area contributed by atoms with E-state index >= 15 is 0 Å². The van der Waals surface area contributed by atoms with Gasteiger partial charge in [0.1, 0.15) is 0 Å². The van der Waals surface area contributed by atoms with E-state index in [4.69, 9.17) is 11.6 Å². The molecular formula is C18H17ClN4O. The summed E-state index contributed by atoms with van der Waals surface area (Å²) in [6.07, 6.45) is 0. The third-order valence-corrected chi connectivity index (χ3v) is 3.96. The van der Waals surface area contributed by atoms with Crippen LogP contribution >= 0.6 is 11.6 Å². The van der Waals surface area contributed by atoms with Crippen molar-refractivity contribution < 1.29 is 4.79 Å². The van der Waals surface area contributed by atoms with Gasteiger partial charge in [0.15, 0.2) is 5.82 Å². The Morgan fingerprint density at radius 3 is 2.58 bits per heavy atom. The third-order valence-electron chi connectivity index (χ3n) is 3.59. The molecule has 0 unspecified atom stereocenters. The minimum atomic E-state index is -0.326. The predicted octanol–water partition coefficient (Wildman–Crippen LogP) is 4.06. The maximum atomic E-state index is 12.0. The minimum Gasteiger partial charge on any atom is -0.334 e. The van der Waals surface area contributed by atoms with Gasteiger partial charge in [0, 0.05) is 24.7 Å². The van der Waals surface area contributed by atoms with Gasteiger partial charge in [-0.05, 0) is 17.2 Å². The van der Waals surface area contributed by atoms with Crippen LogP contribution in [0.3, 0.4) is 0 Å². The summed E-state index contributed by atoms with van der Waals surface area (Å²) >= 11 is 6.07. The smallest absolute Gasteiger partial charge is 0.320 e. The summed E-state index contributed by atoms with van der Waals surface area (Å²) in [5.74, 6) is 0.494. The van der Waals surface area contributed by atoms with Gasteiger partial charge < -0.3 is 5.32 Å². The van der Waals surface area contributed by atoms with E-state index < -0.39 is 0 Å². The monoisotopic (exact) mass is 340 g/mol. The number of nitrogens with one attached hydrogen (secondary N) is 2. The Balaban J connectivity index is 1.64. The average Bonchev–Trinajstić information content (AvgIpc) is 2.95. The SMILES string of the molecule is Cn1nc(NC(=O)NCc2ccccc2Cl)cc1-c1ccccc1. The summed E-state index contributed by atoms with van der Waals surface area (Å²) in [5.41, 5.74) is 2.83. The van der Waals surface area contributed by atoms with Gasteiger partial charge in [-0.25, -0.2) is 4.79 Å². The molecule has 0 aliphatic carbocycles. The van der Waals surface area contributed by atoms with Crippen LogP contribution in [0, 0.1) is 0 Å². The molecule has 2 amide bonds. The van der Waals surface area contributed by atoms with Gasteiger partial charge in [-0.3, -0.25) is 10.00 Å². The molecule has 2 N–H and O–H groups in total. The summed E-state index contributed by atoms with van der Waals surface area (Å²) < 4.78 is 1.74. The van der Waals surface area contributed by atoms with Crippen molar-refractivity contribution in [2.24, 2.45) is 7.05 Å². The normalized spacial score (nSPS) is 10.4. The lowest BCUT2D eigenvalue weighted by atomic mass is 10.1. The van der Waals surface area contributed by atoms with Crippen molar-refractivity contribution in [2.45, 2.75) is 6.54 Å². The molecule has 0 saturated heterocycles. The number of carbonyl (C=O) groups excluding carboxylic acids is 1. The van der Waals surface area contributed by atoms with Crippen LogP contribution in [0.5, 0.6) is 0 Å². The lowest BCUT2D eigenvalue weighted by Crippen LogP contribution is -2.28. The quantitative estimate of drug-likeness (QED) is 0.752. The second-order valence-corrected chi connectivity index (χ2v) is 5.71. The highest BCUT2D eigenvalue weighted by atomic mass is 35.5. The topological polar surface area (TPSA) is 59.0 Å². The van der Waals surface area contributed by atoms with Gasteiger partial charge in [-0.15, -0.1) is 0 Å². The molecule has 0 aliphatic heterocycles. The molecule has 1 aromatic heterocycles. The second kappa shape index (κ2) is 7.19. The van der Waals surface area contributed by atoms with E-state index in [1.54, 1.807) is 10.7 Å². The molecule has 5 nitrogen and oxygen atoms in total. The van der Waals surface area contributed by atoms with Gasteiger partial charge >= 0.3 is 6.03 Å². The number of anilines is 1. The molecule has 0 bridgehead atoms. The molecule has 3 aromatic rings. The average molecular weight is 341 g/mol. The van der Waals surface area contributed by atoms with Crippen LogP contribution in [0.2, 0.25) is 5.02 Å². The van der Waals surface area contributed by atoms with Crippen LogP contribution in [0.4, 0.5) is 10.6 Å². The van der Waals surface area contributed by atoms with Crippen LogP contribution in [-0.4, -0.2) is 15.8 Å². The van der Waals surface area contributed by atoms with Gasteiger partial charge in [-0.2, -0.15) is 5.10 Å². The maximum Gasteiger partial charge on any atom is 0.320 e. The molecule has 0 aliphatic rings. The van der Waals surface area contributed by atoms with Crippen molar-refractivity contribution in [3.8, 4) is 11.3 Å². The lowest BCUT2D eigenvalue weighted by molar-refractivity contribution is 0.251. The van der Waals surface area contributed by atoms with E-state index in [-0.39, 0.29) is 6.03 Å². The minimum absolute atomic E-state index is 0.326. The molecule has 6 heteroatoms. The Kier molecular flexibility index (Phi) is 4.82. The largest absolute Gasteiger partial charge is 0.334 e. The summed E-state index contributed by atoms with van der Waals surface area (Å²) in [6.45, 7) is 0.351. The van der Waals surface area contributed by atoms with Crippen LogP contribution in [0.25, 0.3) is 11.3 Å². The lowest BCUT2D eigenvalue weighted by Gasteiger charge is -2.06. The highest BCUT2D eigenvalue weighted by Crippen LogP contribution is 2.21. The summed E-state index contributed by atoms with van der Waals surface area (Å²) in [7, 11) is 1.84. The highest BCUT2D eigenvalue weighted by Gasteiger charge is 2.10. The number of hydrogen-bond donors (Lipinski definition) is 2. The fourth-order valence-corrected chi connectivity index (χ4v) is 2.59. The number of benzene rings is 2. The fraction of sp³-hybridized carbons (Fsp3) is 0.111. The summed E-state index contributed by atoms with van der Waals surface area (Å²) in [6, 6.07) is 18.8. The van der Waals surface area contributed by atoms with Crippen molar-refractivity contribution in [3.63, 3.8) is 0 Å². The van der Waals surface area contributed by atoms with Crippen molar-refractivity contribution in [3.05, 3.63) is 71.2 Å². The van der Waals surface area contributed by atoms with E-state index in [0.29, 0.717) is 17.4 Å². The van der Waals surface area contributed by atoms with E-state index in [9.17, 15) is 4.79 Å². The number of nitrogens with zero attached hydrogens (tertiary/aromatic N) is 2. The van der Waals surface area contributed by atoms with Gasteiger partial charge in [-0.1, -0.05) is 60.1 Å². The number of aryl methyl sites for hydroxylation is 1. The molecule has 2 aromatic carbocycles. The molecule has 0 saturated carbocycles. The molecule has 122 valence electrons. The number of amides is 2. The molecule has 0 spiro atoms. The second-order valence-electron chi connectivity index (χ2n) is 5.30. The standard InChI is InChI=1S/C18H17ClN4O/c1-23-16(13-7-3-2-4-8-13)11-17(22-23)21-18(24)20-12-14-9-5-6-10-15(14)19/h2-11H,12H2,1H3,(H2,20,21,22,24). The molecule has 0 atom stereocenters. The van der Waals surface area contributed by atoms with Gasteiger partial charge in [0.2, 0.25) is 0 Å². The first-order chi connectivity index (χ1) is 11.6. The predicted molar refractivity (Wildman–Crippen MR) is 96.0 cm³/mol. The first kappa shape index (κ1) is 16.1. The van der Waals surface area contributed by atoms with Crippen LogP contribution in [0.1, 0.15) is 5.56 Å². The summed E-state index contributed by atoms with van der Waals surface area (Å²) in [4.78, 5) is 12.0. The highest BCUT2D eigenvalue weighted by molar-refractivity contribution is 6.31. The van der Waals surface area contributed by atoms with Crippen LogP contribution in [-0.2, 0) is 13.6 Å². The van der Waals surface area contributed by atoms with Crippen molar-refractivity contribution in [1.29, 1.82) is 0 Å². The third kappa shape index (κ3) is 3.75. The van der Waals surface area contributed by atoms with E-state index in [0.717, 1.165) is 16.8 Å². The number of rotatable bonds is 4. The Morgan fingerprint density at radius 2 is 1.83 bits per heavy atom. The van der Waals surface area contributed by atoms with Crippen LogP contribution < -0.4 is 10.6 Å². The molecular weight excluding hydrogens is 324 g/mol.